The lowest BCUT2D eigenvalue weighted by molar-refractivity contribution is -0.134. The molecule has 4 heteroatoms. The maximum absolute atomic E-state index is 12.4. The number of nitrogens with zero attached hydrogens (tertiary/aromatic N) is 1. The van der Waals surface area contributed by atoms with E-state index in [2.05, 4.69) is 19.2 Å². The van der Waals surface area contributed by atoms with Crippen molar-refractivity contribution in [2.75, 3.05) is 13.1 Å². The molecule has 0 saturated carbocycles. The van der Waals surface area contributed by atoms with Crippen molar-refractivity contribution in [1.82, 2.24) is 10.2 Å². The highest BCUT2D eigenvalue weighted by Gasteiger charge is 2.26. The van der Waals surface area contributed by atoms with Crippen LogP contribution in [0.15, 0.2) is 30.3 Å². The quantitative estimate of drug-likeness (QED) is 0.929. The second-order valence-corrected chi connectivity index (χ2v) is 6.69. The van der Waals surface area contributed by atoms with E-state index in [9.17, 15) is 9.59 Å². The van der Waals surface area contributed by atoms with Gasteiger partial charge in [0.2, 0.25) is 5.91 Å². The fraction of sp³-hybridized carbons (Fsp3) is 0.556. The summed E-state index contributed by atoms with van der Waals surface area (Å²) in [6.07, 6.45) is 1.54. The molecular formula is C18H26N2O2. The number of benzene rings is 1. The summed E-state index contributed by atoms with van der Waals surface area (Å²) in [6.45, 7) is 7.94. The first-order chi connectivity index (χ1) is 10.5. The minimum absolute atomic E-state index is 0.124. The van der Waals surface area contributed by atoms with Crippen LogP contribution in [0.25, 0.3) is 0 Å². The molecule has 0 radical (unpaired) electrons. The zero-order chi connectivity index (χ0) is 16.1. The van der Waals surface area contributed by atoms with Gasteiger partial charge in [-0.25, -0.2) is 0 Å². The smallest absolute Gasteiger partial charge is 0.251 e. The number of nitrogens with one attached hydrogen (secondary N) is 1. The van der Waals surface area contributed by atoms with Gasteiger partial charge in [-0.1, -0.05) is 32.0 Å². The van der Waals surface area contributed by atoms with Crippen LogP contribution < -0.4 is 5.32 Å². The van der Waals surface area contributed by atoms with Gasteiger partial charge in [0.05, 0.1) is 0 Å². The summed E-state index contributed by atoms with van der Waals surface area (Å²) < 4.78 is 0. The molecule has 3 atom stereocenters. The van der Waals surface area contributed by atoms with Crippen LogP contribution in [0, 0.1) is 11.8 Å². The van der Waals surface area contributed by atoms with Gasteiger partial charge >= 0.3 is 0 Å². The molecule has 1 heterocycles. The lowest BCUT2D eigenvalue weighted by Gasteiger charge is -2.35. The van der Waals surface area contributed by atoms with Crippen molar-refractivity contribution >= 4 is 11.8 Å². The molecule has 0 spiro atoms. The molecule has 1 N–H and O–H groups in total. The molecular weight excluding hydrogens is 276 g/mol. The molecule has 22 heavy (non-hydrogen) atoms. The minimum Gasteiger partial charge on any atom is -0.349 e. The van der Waals surface area contributed by atoms with E-state index in [1.165, 1.54) is 6.42 Å². The zero-order valence-corrected chi connectivity index (χ0v) is 13.7. The summed E-state index contributed by atoms with van der Waals surface area (Å²) in [5.41, 5.74) is 0.627. The van der Waals surface area contributed by atoms with Gasteiger partial charge in [-0.3, -0.25) is 9.59 Å². The molecule has 1 aromatic rings. The van der Waals surface area contributed by atoms with Gasteiger partial charge in [0, 0.05) is 31.1 Å². The number of rotatable bonds is 4. The van der Waals surface area contributed by atoms with Crippen molar-refractivity contribution in [3.8, 4) is 0 Å². The molecule has 4 nitrogen and oxygen atoms in total. The summed E-state index contributed by atoms with van der Waals surface area (Å²) in [5.74, 6) is 1.13. The average molecular weight is 302 g/mol. The van der Waals surface area contributed by atoms with Crippen LogP contribution in [0.5, 0.6) is 0 Å². The van der Waals surface area contributed by atoms with E-state index < -0.39 is 0 Å². The number of piperidine rings is 1. The Morgan fingerprint density at radius 2 is 1.77 bits per heavy atom. The van der Waals surface area contributed by atoms with Crippen molar-refractivity contribution in [2.45, 2.75) is 39.7 Å². The minimum atomic E-state index is -0.159. The molecule has 2 amide bonds. The van der Waals surface area contributed by atoms with E-state index >= 15 is 0 Å². The van der Waals surface area contributed by atoms with Crippen LogP contribution in [-0.2, 0) is 4.79 Å². The monoisotopic (exact) mass is 302 g/mol. The van der Waals surface area contributed by atoms with E-state index in [1.54, 1.807) is 12.1 Å². The number of amides is 2. The van der Waals surface area contributed by atoms with E-state index in [4.69, 9.17) is 0 Å². The van der Waals surface area contributed by atoms with Crippen LogP contribution in [0.4, 0.5) is 0 Å². The lowest BCUT2D eigenvalue weighted by atomic mass is 9.91. The Labute approximate surface area is 132 Å². The van der Waals surface area contributed by atoms with Crippen LogP contribution >= 0.6 is 0 Å². The molecule has 0 bridgehead atoms. The first-order valence-electron chi connectivity index (χ1n) is 8.09. The van der Waals surface area contributed by atoms with E-state index in [0.717, 1.165) is 13.1 Å². The van der Waals surface area contributed by atoms with Crippen molar-refractivity contribution in [2.24, 2.45) is 11.8 Å². The molecule has 1 saturated heterocycles. The first kappa shape index (κ1) is 16.5. The van der Waals surface area contributed by atoms with Crippen LogP contribution in [0.2, 0.25) is 0 Å². The van der Waals surface area contributed by atoms with Crippen LogP contribution in [-0.4, -0.2) is 35.8 Å². The van der Waals surface area contributed by atoms with E-state index in [-0.39, 0.29) is 17.9 Å². The Kier molecular flexibility index (Phi) is 5.58. The highest BCUT2D eigenvalue weighted by Crippen LogP contribution is 2.21. The fourth-order valence-electron chi connectivity index (χ4n) is 3.21. The normalized spacial score (nSPS) is 23.0. The van der Waals surface area contributed by atoms with Crippen molar-refractivity contribution in [1.29, 1.82) is 0 Å². The summed E-state index contributed by atoms with van der Waals surface area (Å²) >= 11 is 0. The topological polar surface area (TPSA) is 49.4 Å². The number of likely N-dealkylation sites (tertiary alicyclic amines) is 1. The van der Waals surface area contributed by atoms with Crippen LogP contribution in [0.3, 0.4) is 0 Å². The number of carbonyl (C=O) groups excluding carboxylic acids is 2. The van der Waals surface area contributed by atoms with Gasteiger partial charge in [0.15, 0.2) is 0 Å². The maximum Gasteiger partial charge on any atom is 0.251 e. The molecule has 1 aliphatic heterocycles. The molecule has 1 fully saturated rings. The van der Waals surface area contributed by atoms with E-state index in [1.807, 2.05) is 30.0 Å². The third-order valence-electron chi connectivity index (χ3n) is 4.12. The van der Waals surface area contributed by atoms with Gasteiger partial charge in [-0.05, 0) is 37.3 Å². The Bertz CT molecular complexity index is 505. The van der Waals surface area contributed by atoms with Crippen molar-refractivity contribution < 1.29 is 9.59 Å². The standard InChI is InChI=1S/C18H26N2O2/c1-13-9-14(2)12-20(11-13)17(21)10-15(3)19-18(22)16-7-5-4-6-8-16/h4-8,13-15H,9-12H2,1-3H3,(H,19,22). The first-order valence-corrected chi connectivity index (χ1v) is 8.09. The molecule has 1 aliphatic rings. The van der Waals surface area contributed by atoms with Gasteiger partial charge in [-0.2, -0.15) is 0 Å². The van der Waals surface area contributed by atoms with Gasteiger partial charge in [0.1, 0.15) is 0 Å². The predicted molar refractivity (Wildman–Crippen MR) is 87.5 cm³/mol. The lowest BCUT2D eigenvalue weighted by Crippen LogP contribution is -2.45. The molecule has 0 aliphatic carbocycles. The Morgan fingerprint density at radius 1 is 1.18 bits per heavy atom. The largest absolute Gasteiger partial charge is 0.349 e. The highest BCUT2D eigenvalue weighted by molar-refractivity contribution is 5.94. The summed E-state index contributed by atoms with van der Waals surface area (Å²) in [7, 11) is 0. The highest BCUT2D eigenvalue weighted by atomic mass is 16.2. The third kappa shape index (κ3) is 4.58. The maximum atomic E-state index is 12.4. The third-order valence-corrected chi connectivity index (χ3v) is 4.12. The summed E-state index contributed by atoms with van der Waals surface area (Å²) in [5, 5.41) is 2.90. The molecule has 3 unspecified atom stereocenters. The molecule has 2 rings (SSSR count). The number of hydrogen-bond acceptors (Lipinski definition) is 2. The molecule has 1 aromatic carbocycles. The Balaban J connectivity index is 1.85. The Morgan fingerprint density at radius 3 is 2.36 bits per heavy atom. The Hall–Kier alpha value is -1.84. The van der Waals surface area contributed by atoms with Crippen LogP contribution in [0.1, 0.15) is 44.0 Å². The van der Waals surface area contributed by atoms with E-state index in [0.29, 0.717) is 23.8 Å². The van der Waals surface area contributed by atoms with Gasteiger partial charge < -0.3 is 10.2 Å². The fourth-order valence-corrected chi connectivity index (χ4v) is 3.21. The van der Waals surface area contributed by atoms with Gasteiger partial charge in [0.25, 0.3) is 5.91 Å². The molecule has 120 valence electrons. The number of hydrogen-bond donors (Lipinski definition) is 1. The van der Waals surface area contributed by atoms with Crippen molar-refractivity contribution in [3.05, 3.63) is 35.9 Å². The summed E-state index contributed by atoms with van der Waals surface area (Å²) in [6, 6.07) is 8.94. The average Bonchev–Trinajstić information content (AvgIpc) is 2.47. The summed E-state index contributed by atoms with van der Waals surface area (Å²) in [4.78, 5) is 26.4. The SMILES string of the molecule is CC1CC(C)CN(C(=O)CC(C)NC(=O)c2ccccc2)C1. The van der Waals surface area contributed by atoms with Gasteiger partial charge in [-0.15, -0.1) is 0 Å². The second-order valence-electron chi connectivity index (χ2n) is 6.69. The number of carbonyl (C=O) groups is 2. The van der Waals surface area contributed by atoms with Crippen molar-refractivity contribution in [3.63, 3.8) is 0 Å². The second kappa shape index (κ2) is 7.43. The molecule has 0 aromatic heterocycles. The zero-order valence-electron chi connectivity index (χ0n) is 13.7. The predicted octanol–water partition coefficient (Wildman–Crippen LogP) is 2.70.